The van der Waals surface area contributed by atoms with Gasteiger partial charge in [0.15, 0.2) is 0 Å². The van der Waals surface area contributed by atoms with Crippen molar-refractivity contribution in [3.8, 4) is 0 Å². The molecule has 1 atom stereocenters. The molecule has 0 spiro atoms. The van der Waals surface area contributed by atoms with E-state index in [1.165, 1.54) is 19.2 Å². The molecule has 0 amide bonds. The third-order valence-corrected chi connectivity index (χ3v) is 2.80. The minimum atomic E-state index is -1.48. The Balaban J connectivity index is 3.53. The summed E-state index contributed by atoms with van der Waals surface area (Å²) in [5.41, 5.74) is -3.03. The summed E-state index contributed by atoms with van der Waals surface area (Å²) >= 11 is 0. The van der Waals surface area contributed by atoms with Gasteiger partial charge in [-0.25, -0.2) is 4.79 Å². The quantitative estimate of drug-likeness (QED) is 0.623. The molecule has 1 N–H and O–H groups in total. The first-order valence-electron chi connectivity index (χ1n) is 4.94. The van der Waals surface area contributed by atoms with E-state index in [-0.39, 0.29) is 6.42 Å². The second-order valence-corrected chi connectivity index (χ2v) is 3.76. The fourth-order valence-corrected chi connectivity index (χ4v) is 1.43. The van der Waals surface area contributed by atoms with Crippen LogP contribution in [0, 0.1) is 10.1 Å². The van der Waals surface area contributed by atoms with Gasteiger partial charge in [0, 0.05) is 12.3 Å². The van der Waals surface area contributed by atoms with Gasteiger partial charge in [-0.3, -0.25) is 19.5 Å². The van der Waals surface area contributed by atoms with Gasteiger partial charge in [-0.2, -0.15) is 0 Å². The van der Waals surface area contributed by atoms with E-state index in [1.807, 2.05) is 0 Å². The molecule has 0 radical (unpaired) electrons. The number of nitrogens with zero attached hydrogens (tertiary/aromatic N) is 2. The Hall–Kier alpha value is -2.18. The molecule has 0 aliphatic heterocycles. The standard InChI is InChI=1S/C10H12N2O5/c1-3-10(2,9(14)15)11-6-4-5-7(8(11)13)12(16)17/h4-6H,3H2,1-2H3,(H,14,15). The number of hydrogen-bond donors (Lipinski definition) is 1. The van der Waals surface area contributed by atoms with Gasteiger partial charge in [0.2, 0.25) is 0 Å². The van der Waals surface area contributed by atoms with Crippen LogP contribution in [-0.2, 0) is 10.3 Å². The Morgan fingerprint density at radius 3 is 2.65 bits per heavy atom. The molecule has 0 aliphatic rings. The third-order valence-electron chi connectivity index (χ3n) is 2.80. The summed E-state index contributed by atoms with van der Waals surface area (Å²) in [6.07, 6.45) is 1.39. The average Bonchev–Trinajstić information content (AvgIpc) is 2.27. The first-order valence-corrected chi connectivity index (χ1v) is 4.94. The van der Waals surface area contributed by atoms with E-state index in [0.717, 1.165) is 10.6 Å². The summed E-state index contributed by atoms with van der Waals surface area (Å²) in [5.74, 6) is -1.21. The predicted molar refractivity (Wildman–Crippen MR) is 58.9 cm³/mol. The fourth-order valence-electron chi connectivity index (χ4n) is 1.43. The maximum atomic E-state index is 11.8. The van der Waals surface area contributed by atoms with Crippen molar-refractivity contribution in [2.45, 2.75) is 25.8 Å². The maximum Gasteiger partial charge on any atom is 0.334 e. The number of aliphatic carboxylic acids is 1. The molecular weight excluding hydrogens is 228 g/mol. The van der Waals surface area contributed by atoms with E-state index in [4.69, 9.17) is 5.11 Å². The Bertz CT molecular complexity index is 522. The van der Waals surface area contributed by atoms with Crippen molar-refractivity contribution >= 4 is 11.7 Å². The second-order valence-electron chi connectivity index (χ2n) is 3.76. The molecule has 1 heterocycles. The molecule has 17 heavy (non-hydrogen) atoms. The zero-order chi connectivity index (χ0) is 13.2. The number of nitro groups is 1. The molecule has 1 aromatic rings. The fraction of sp³-hybridized carbons (Fsp3) is 0.400. The smallest absolute Gasteiger partial charge is 0.334 e. The molecule has 0 aliphatic carbocycles. The minimum Gasteiger partial charge on any atom is -0.479 e. The number of pyridine rings is 1. The third kappa shape index (κ3) is 2.03. The lowest BCUT2D eigenvalue weighted by molar-refractivity contribution is -0.386. The summed E-state index contributed by atoms with van der Waals surface area (Å²) in [4.78, 5) is 32.7. The van der Waals surface area contributed by atoms with Crippen LogP contribution < -0.4 is 5.56 Å². The van der Waals surface area contributed by atoms with Crippen molar-refractivity contribution in [1.82, 2.24) is 4.57 Å². The Labute approximate surface area is 96.5 Å². The Kier molecular flexibility index (Phi) is 3.31. The van der Waals surface area contributed by atoms with Crippen molar-refractivity contribution in [1.29, 1.82) is 0 Å². The second kappa shape index (κ2) is 4.36. The van der Waals surface area contributed by atoms with E-state index >= 15 is 0 Å². The summed E-state index contributed by atoms with van der Waals surface area (Å²) in [6.45, 7) is 2.94. The van der Waals surface area contributed by atoms with Crippen LogP contribution in [0.2, 0.25) is 0 Å². The molecule has 1 aromatic heterocycles. The number of carbonyl (C=O) groups is 1. The number of carboxylic acids is 1. The van der Waals surface area contributed by atoms with Crippen molar-refractivity contribution in [3.05, 3.63) is 38.8 Å². The molecular formula is C10H12N2O5. The minimum absolute atomic E-state index is 0.142. The van der Waals surface area contributed by atoms with Crippen LogP contribution in [0.1, 0.15) is 20.3 Å². The van der Waals surface area contributed by atoms with Crippen LogP contribution in [0.4, 0.5) is 5.69 Å². The first-order chi connectivity index (χ1) is 7.84. The molecule has 0 fully saturated rings. The van der Waals surface area contributed by atoms with Crippen LogP contribution in [-0.4, -0.2) is 20.6 Å². The van der Waals surface area contributed by atoms with Gasteiger partial charge in [0.1, 0.15) is 5.54 Å². The van der Waals surface area contributed by atoms with Crippen molar-refractivity contribution < 1.29 is 14.8 Å². The summed E-state index contributed by atoms with van der Waals surface area (Å²) in [7, 11) is 0. The highest BCUT2D eigenvalue weighted by molar-refractivity contribution is 5.76. The van der Waals surface area contributed by atoms with Crippen LogP contribution >= 0.6 is 0 Å². The van der Waals surface area contributed by atoms with Gasteiger partial charge in [0.25, 0.3) is 0 Å². The molecule has 7 heteroatoms. The number of aromatic nitrogens is 1. The largest absolute Gasteiger partial charge is 0.479 e. The highest BCUT2D eigenvalue weighted by Gasteiger charge is 2.35. The van der Waals surface area contributed by atoms with Crippen LogP contribution in [0.3, 0.4) is 0 Å². The molecule has 0 saturated carbocycles. The summed E-state index contributed by atoms with van der Waals surface area (Å²) in [6, 6.07) is 2.34. The maximum absolute atomic E-state index is 11.8. The Morgan fingerprint density at radius 1 is 1.65 bits per heavy atom. The average molecular weight is 240 g/mol. The van der Waals surface area contributed by atoms with Gasteiger partial charge in [-0.15, -0.1) is 0 Å². The van der Waals surface area contributed by atoms with Gasteiger partial charge < -0.3 is 5.11 Å². The topological polar surface area (TPSA) is 102 Å². The van der Waals surface area contributed by atoms with Crippen molar-refractivity contribution in [2.75, 3.05) is 0 Å². The van der Waals surface area contributed by atoms with Crippen molar-refractivity contribution in [3.63, 3.8) is 0 Å². The molecule has 7 nitrogen and oxygen atoms in total. The lowest BCUT2D eigenvalue weighted by Gasteiger charge is -2.25. The first kappa shape index (κ1) is 12.9. The zero-order valence-corrected chi connectivity index (χ0v) is 9.41. The van der Waals surface area contributed by atoms with E-state index in [0.29, 0.717) is 0 Å². The highest BCUT2D eigenvalue weighted by Crippen LogP contribution is 2.19. The number of rotatable bonds is 4. The normalized spacial score (nSPS) is 14.0. The number of carboxylic acid groups (broad SMARTS) is 1. The molecule has 0 saturated heterocycles. The molecule has 1 rings (SSSR count). The molecule has 92 valence electrons. The lowest BCUT2D eigenvalue weighted by atomic mass is 9.98. The Morgan fingerprint density at radius 2 is 2.24 bits per heavy atom. The van der Waals surface area contributed by atoms with E-state index in [9.17, 15) is 19.7 Å². The molecule has 1 unspecified atom stereocenters. The molecule has 0 aromatic carbocycles. The monoisotopic (exact) mass is 240 g/mol. The van der Waals surface area contributed by atoms with E-state index < -0.39 is 27.7 Å². The number of hydrogen-bond acceptors (Lipinski definition) is 4. The van der Waals surface area contributed by atoms with Gasteiger partial charge in [-0.1, -0.05) is 6.92 Å². The van der Waals surface area contributed by atoms with E-state index in [2.05, 4.69) is 0 Å². The van der Waals surface area contributed by atoms with Crippen LogP contribution in [0.25, 0.3) is 0 Å². The van der Waals surface area contributed by atoms with Gasteiger partial charge in [0.05, 0.1) is 4.92 Å². The zero-order valence-electron chi connectivity index (χ0n) is 9.41. The van der Waals surface area contributed by atoms with Gasteiger partial charge in [-0.05, 0) is 19.4 Å². The summed E-state index contributed by atoms with van der Waals surface area (Å²) in [5, 5.41) is 19.7. The SMILES string of the molecule is CCC(C)(C(=O)O)n1cccc([N+](=O)[O-])c1=O. The highest BCUT2D eigenvalue weighted by atomic mass is 16.6. The van der Waals surface area contributed by atoms with Crippen LogP contribution in [0.15, 0.2) is 23.1 Å². The summed E-state index contributed by atoms with van der Waals surface area (Å²) < 4.78 is 0.882. The van der Waals surface area contributed by atoms with Crippen LogP contribution in [0.5, 0.6) is 0 Å². The van der Waals surface area contributed by atoms with Gasteiger partial charge >= 0.3 is 17.2 Å². The predicted octanol–water partition coefficient (Wildman–Crippen LogP) is 0.966. The lowest BCUT2D eigenvalue weighted by Crippen LogP contribution is -2.44. The van der Waals surface area contributed by atoms with E-state index in [1.54, 1.807) is 6.92 Å². The molecule has 0 bridgehead atoms. The van der Waals surface area contributed by atoms with Crippen molar-refractivity contribution in [2.24, 2.45) is 0 Å².